The van der Waals surface area contributed by atoms with Gasteiger partial charge < -0.3 is 25.6 Å². The van der Waals surface area contributed by atoms with Crippen molar-refractivity contribution in [3.8, 4) is 5.75 Å². The first-order valence-corrected chi connectivity index (χ1v) is 14.1. The van der Waals surface area contributed by atoms with Gasteiger partial charge in [0.15, 0.2) is 0 Å². The molecule has 0 radical (unpaired) electrons. The molecule has 1 fully saturated rings. The zero-order chi connectivity index (χ0) is 28.9. The highest BCUT2D eigenvalue weighted by Gasteiger charge is 2.40. The number of rotatable bonds is 3. The lowest BCUT2D eigenvalue weighted by Crippen LogP contribution is -2.57. The van der Waals surface area contributed by atoms with Crippen molar-refractivity contribution >= 4 is 17.7 Å². The summed E-state index contributed by atoms with van der Waals surface area (Å²) in [6.45, 7) is 6.51. The molecule has 4 rings (SSSR count). The molecular formula is C31H41FN4O4. The molecule has 9 heteroatoms. The molecule has 0 spiro atoms. The van der Waals surface area contributed by atoms with Crippen LogP contribution in [0.5, 0.6) is 5.75 Å². The molecule has 2 aromatic rings. The quantitative estimate of drug-likeness (QED) is 0.544. The second kappa shape index (κ2) is 12.8. The molecule has 3 N–H and O–H groups in total. The van der Waals surface area contributed by atoms with Crippen molar-refractivity contribution < 1.29 is 23.5 Å². The maximum absolute atomic E-state index is 13.6. The lowest BCUT2D eigenvalue weighted by molar-refractivity contribution is -0.141. The Morgan fingerprint density at radius 3 is 2.42 bits per heavy atom. The van der Waals surface area contributed by atoms with Gasteiger partial charge in [-0.3, -0.25) is 14.4 Å². The molecule has 216 valence electrons. The highest BCUT2D eigenvalue weighted by molar-refractivity contribution is 5.93. The Kier molecular flexibility index (Phi) is 9.45. The number of fused-ring (bicyclic) bond motifs is 1. The van der Waals surface area contributed by atoms with Gasteiger partial charge in [0, 0.05) is 26.6 Å². The zero-order valence-corrected chi connectivity index (χ0v) is 23.8. The van der Waals surface area contributed by atoms with Crippen molar-refractivity contribution in [2.24, 2.45) is 5.92 Å². The fourth-order valence-corrected chi connectivity index (χ4v) is 4.94. The summed E-state index contributed by atoms with van der Waals surface area (Å²) in [7, 11) is 1.62. The molecule has 0 unspecified atom stereocenters. The van der Waals surface area contributed by atoms with Crippen LogP contribution in [0.4, 0.5) is 4.39 Å². The number of carbonyl (C=O) groups is 3. The molecule has 0 aromatic heterocycles. The number of hydrogen-bond acceptors (Lipinski definition) is 5. The minimum absolute atomic E-state index is 0.165. The Bertz CT molecular complexity index is 1200. The first kappa shape index (κ1) is 29.5. The Hall–Kier alpha value is -3.46. The van der Waals surface area contributed by atoms with Gasteiger partial charge in [0.05, 0.1) is 6.04 Å². The highest BCUT2D eigenvalue weighted by Crippen LogP contribution is 2.34. The molecule has 1 heterocycles. The van der Waals surface area contributed by atoms with E-state index in [-0.39, 0.29) is 30.0 Å². The first-order chi connectivity index (χ1) is 19.0. The van der Waals surface area contributed by atoms with Crippen LogP contribution < -0.4 is 20.7 Å². The largest absolute Gasteiger partial charge is 0.486 e. The van der Waals surface area contributed by atoms with Crippen LogP contribution in [0, 0.1) is 11.7 Å². The molecule has 8 nitrogen and oxygen atoms in total. The normalized spacial score (nSPS) is 25.1. The first-order valence-electron chi connectivity index (χ1n) is 14.1. The number of nitrogens with one attached hydrogen (secondary N) is 3. The van der Waals surface area contributed by atoms with Crippen molar-refractivity contribution in [2.45, 2.75) is 76.6 Å². The molecule has 0 saturated heterocycles. The minimum Gasteiger partial charge on any atom is -0.486 e. The number of para-hydroxylation sites is 1. The SMILES string of the molecule is C[C@@H]1C(=O)N[C@H](Cc2ccc(F)cc2)C(=O)NCCCc2ccccc2OC(C)(C)CN[C@@H](C2CC2)C(=O)N1C. The van der Waals surface area contributed by atoms with E-state index in [9.17, 15) is 18.8 Å². The third-order valence-electron chi connectivity index (χ3n) is 7.68. The fourth-order valence-electron chi connectivity index (χ4n) is 4.94. The topological polar surface area (TPSA) is 99.8 Å². The number of ether oxygens (including phenoxy) is 1. The standard InChI is InChI=1S/C31H41FN4O4/c1-20-28(37)35-25(18-21-11-15-24(32)16-12-21)29(38)33-17-7-9-22-8-5-6-10-26(22)40-31(2,3)19-34-27(23-13-14-23)30(39)36(20)4/h5-6,8,10-12,15-16,20,23,25,27,34H,7,9,13-14,17-19H2,1-4H3,(H,33,38)(H,35,37)/t20-,25-,27+/m1/s1. The van der Waals surface area contributed by atoms with E-state index in [0.29, 0.717) is 31.5 Å². The van der Waals surface area contributed by atoms with Crippen molar-refractivity contribution in [3.63, 3.8) is 0 Å². The van der Waals surface area contributed by atoms with E-state index in [1.165, 1.54) is 17.0 Å². The number of carbonyl (C=O) groups excluding carboxylic acids is 3. The maximum atomic E-state index is 13.6. The van der Waals surface area contributed by atoms with Gasteiger partial charge in [-0.15, -0.1) is 0 Å². The van der Waals surface area contributed by atoms with E-state index < -0.39 is 29.6 Å². The van der Waals surface area contributed by atoms with E-state index in [4.69, 9.17) is 4.74 Å². The van der Waals surface area contributed by atoms with E-state index in [1.807, 2.05) is 38.1 Å². The van der Waals surface area contributed by atoms with Gasteiger partial charge in [-0.1, -0.05) is 30.3 Å². The number of nitrogens with zero attached hydrogens (tertiary/aromatic N) is 1. The summed E-state index contributed by atoms with van der Waals surface area (Å²) in [6.07, 6.45) is 3.46. The second-order valence-corrected chi connectivity index (χ2v) is 11.6. The number of benzene rings is 2. The van der Waals surface area contributed by atoms with E-state index in [1.54, 1.807) is 26.1 Å². The van der Waals surface area contributed by atoms with Crippen molar-refractivity contribution in [2.75, 3.05) is 20.1 Å². The van der Waals surface area contributed by atoms with Crippen LogP contribution in [0.25, 0.3) is 0 Å². The summed E-state index contributed by atoms with van der Waals surface area (Å²) < 4.78 is 19.9. The summed E-state index contributed by atoms with van der Waals surface area (Å²) >= 11 is 0. The molecule has 1 saturated carbocycles. The lowest BCUT2D eigenvalue weighted by atomic mass is 10.0. The summed E-state index contributed by atoms with van der Waals surface area (Å²) in [6, 6.07) is 11.6. The van der Waals surface area contributed by atoms with Crippen LogP contribution in [0.15, 0.2) is 48.5 Å². The number of amides is 3. The molecule has 2 aliphatic rings. The van der Waals surface area contributed by atoms with E-state index in [2.05, 4.69) is 16.0 Å². The summed E-state index contributed by atoms with van der Waals surface area (Å²) in [5.74, 6) is -0.308. The number of hydrogen-bond donors (Lipinski definition) is 3. The number of aryl methyl sites for hydroxylation is 1. The van der Waals surface area contributed by atoms with Gasteiger partial charge in [-0.05, 0) is 81.7 Å². The molecule has 3 amide bonds. The second-order valence-electron chi connectivity index (χ2n) is 11.6. The van der Waals surface area contributed by atoms with Gasteiger partial charge in [0.2, 0.25) is 17.7 Å². The molecule has 1 aliphatic heterocycles. The summed E-state index contributed by atoms with van der Waals surface area (Å²) in [5.41, 5.74) is 1.16. The fraction of sp³-hybridized carbons (Fsp3) is 0.516. The molecule has 40 heavy (non-hydrogen) atoms. The predicted octanol–water partition coefficient (Wildman–Crippen LogP) is 2.99. The molecule has 3 atom stereocenters. The van der Waals surface area contributed by atoms with Gasteiger partial charge >= 0.3 is 0 Å². The van der Waals surface area contributed by atoms with E-state index in [0.717, 1.165) is 24.2 Å². The third kappa shape index (κ3) is 7.81. The maximum Gasteiger partial charge on any atom is 0.243 e. The van der Waals surface area contributed by atoms with Gasteiger partial charge in [0.25, 0.3) is 0 Å². The Balaban J connectivity index is 1.59. The molecule has 0 bridgehead atoms. The Labute approximate surface area is 236 Å². The van der Waals surface area contributed by atoms with E-state index >= 15 is 0 Å². The zero-order valence-electron chi connectivity index (χ0n) is 23.8. The van der Waals surface area contributed by atoms with Crippen molar-refractivity contribution in [3.05, 3.63) is 65.5 Å². The monoisotopic (exact) mass is 552 g/mol. The van der Waals surface area contributed by atoms with Crippen molar-refractivity contribution in [1.29, 1.82) is 0 Å². The Morgan fingerprint density at radius 2 is 1.73 bits per heavy atom. The number of likely N-dealkylation sites (N-methyl/N-ethyl adjacent to an activating group) is 1. The average Bonchev–Trinajstić information content (AvgIpc) is 3.76. The average molecular weight is 553 g/mol. The van der Waals surface area contributed by atoms with Crippen LogP contribution >= 0.6 is 0 Å². The van der Waals surface area contributed by atoms with Crippen LogP contribution in [0.3, 0.4) is 0 Å². The predicted molar refractivity (Wildman–Crippen MR) is 151 cm³/mol. The summed E-state index contributed by atoms with van der Waals surface area (Å²) in [4.78, 5) is 41.6. The minimum atomic E-state index is -0.878. The Morgan fingerprint density at radius 1 is 1.02 bits per heavy atom. The summed E-state index contributed by atoms with van der Waals surface area (Å²) in [5, 5.41) is 9.22. The third-order valence-corrected chi connectivity index (χ3v) is 7.68. The lowest BCUT2D eigenvalue weighted by Gasteiger charge is -2.33. The van der Waals surface area contributed by atoms with Gasteiger partial charge in [0.1, 0.15) is 29.3 Å². The highest BCUT2D eigenvalue weighted by atomic mass is 19.1. The van der Waals surface area contributed by atoms with Crippen LogP contribution in [-0.2, 0) is 27.2 Å². The molecular weight excluding hydrogens is 511 g/mol. The smallest absolute Gasteiger partial charge is 0.243 e. The van der Waals surface area contributed by atoms with Crippen molar-refractivity contribution in [1.82, 2.24) is 20.9 Å². The molecule has 2 aromatic carbocycles. The van der Waals surface area contributed by atoms with Crippen LogP contribution in [-0.4, -0.2) is 66.5 Å². The van der Waals surface area contributed by atoms with Gasteiger partial charge in [-0.2, -0.15) is 0 Å². The van der Waals surface area contributed by atoms with Crippen LogP contribution in [0.1, 0.15) is 51.2 Å². The van der Waals surface area contributed by atoms with Gasteiger partial charge in [-0.25, -0.2) is 4.39 Å². The number of halogens is 1. The van der Waals surface area contributed by atoms with Crippen LogP contribution in [0.2, 0.25) is 0 Å². The molecule has 1 aliphatic carbocycles.